The second-order valence-corrected chi connectivity index (χ2v) is 7.85. The third-order valence-corrected chi connectivity index (χ3v) is 5.70. The lowest BCUT2D eigenvalue weighted by molar-refractivity contribution is -0.136. The Hall–Kier alpha value is -2.53. The summed E-state index contributed by atoms with van der Waals surface area (Å²) in [6.07, 6.45) is 5.93. The van der Waals surface area contributed by atoms with E-state index in [1.54, 1.807) is 17.8 Å². The van der Waals surface area contributed by atoms with E-state index in [1.165, 1.54) is 10.5 Å². The van der Waals surface area contributed by atoms with Gasteiger partial charge in [-0.3, -0.25) is 9.59 Å². The van der Waals surface area contributed by atoms with E-state index >= 15 is 0 Å². The minimum atomic E-state index is -0.000392. The fourth-order valence-electron chi connectivity index (χ4n) is 3.16. The average molecular weight is 395 g/mol. The maximum Gasteiger partial charge on any atom is 0.246 e. The number of aryl methyl sites for hydroxylation is 1. The monoisotopic (exact) mass is 394 g/mol. The van der Waals surface area contributed by atoms with E-state index in [0.29, 0.717) is 32.6 Å². The van der Waals surface area contributed by atoms with Crippen LogP contribution < -0.4 is 0 Å². The van der Waals surface area contributed by atoms with E-state index in [9.17, 15) is 9.59 Å². The van der Waals surface area contributed by atoms with Crippen LogP contribution in [0.1, 0.15) is 16.7 Å². The highest BCUT2D eigenvalue weighted by Gasteiger charge is 2.23. The number of thioether (sulfide) groups is 1. The summed E-state index contributed by atoms with van der Waals surface area (Å²) in [6.45, 7) is 4.37. The number of benzene rings is 2. The molecule has 1 saturated heterocycles. The maximum atomic E-state index is 12.5. The summed E-state index contributed by atoms with van der Waals surface area (Å²) in [7, 11) is 0. The molecule has 0 unspecified atom stereocenters. The fraction of sp³-hybridized carbons (Fsp3) is 0.304. The molecule has 3 rings (SSSR count). The smallest absolute Gasteiger partial charge is 0.246 e. The van der Waals surface area contributed by atoms with Crippen molar-refractivity contribution in [1.29, 1.82) is 0 Å². The zero-order valence-corrected chi connectivity index (χ0v) is 17.2. The molecule has 0 N–H and O–H groups in total. The van der Waals surface area contributed by atoms with Crippen molar-refractivity contribution in [3.63, 3.8) is 0 Å². The van der Waals surface area contributed by atoms with Gasteiger partial charge in [0.2, 0.25) is 11.8 Å². The predicted octanol–water partition coefficient (Wildman–Crippen LogP) is 3.64. The molecule has 0 atom stereocenters. The number of nitrogens with zero attached hydrogens (tertiary/aromatic N) is 2. The van der Waals surface area contributed by atoms with Crippen LogP contribution in [0.25, 0.3) is 6.08 Å². The van der Waals surface area contributed by atoms with Gasteiger partial charge in [0.25, 0.3) is 0 Å². The first-order chi connectivity index (χ1) is 13.5. The van der Waals surface area contributed by atoms with Crippen molar-refractivity contribution in [3.05, 3.63) is 71.3 Å². The van der Waals surface area contributed by atoms with Gasteiger partial charge in [-0.1, -0.05) is 42.0 Å². The number of hydrogen-bond donors (Lipinski definition) is 0. The largest absolute Gasteiger partial charge is 0.339 e. The Bertz CT molecular complexity index is 836. The number of piperazine rings is 1. The fourth-order valence-corrected chi connectivity index (χ4v) is 3.56. The first kappa shape index (κ1) is 20.2. The summed E-state index contributed by atoms with van der Waals surface area (Å²) in [6, 6.07) is 16.2. The summed E-state index contributed by atoms with van der Waals surface area (Å²) in [5.74, 6) is 0.125. The van der Waals surface area contributed by atoms with Gasteiger partial charge >= 0.3 is 0 Å². The highest BCUT2D eigenvalue weighted by molar-refractivity contribution is 7.98. The zero-order chi connectivity index (χ0) is 19.9. The molecule has 2 amide bonds. The molecule has 146 valence electrons. The first-order valence-corrected chi connectivity index (χ1v) is 10.7. The number of carbonyl (C=O) groups excluding carboxylic acids is 2. The molecule has 5 heteroatoms. The highest BCUT2D eigenvalue weighted by atomic mass is 32.2. The number of hydrogen-bond acceptors (Lipinski definition) is 3. The van der Waals surface area contributed by atoms with Gasteiger partial charge in [-0.2, -0.15) is 0 Å². The Kier molecular flexibility index (Phi) is 6.93. The topological polar surface area (TPSA) is 40.6 Å². The molecule has 1 fully saturated rings. The molecule has 0 radical (unpaired) electrons. The second kappa shape index (κ2) is 9.60. The Morgan fingerprint density at radius 3 is 2.14 bits per heavy atom. The normalized spacial score (nSPS) is 14.5. The number of carbonyl (C=O) groups is 2. The van der Waals surface area contributed by atoms with Gasteiger partial charge < -0.3 is 9.80 Å². The minimum Gasteiger partial charge on any atom is -0.339 e. The van der Waals surface area contributed by atoms with E-state index < -0.39 is 0 Å². The van der Waals surface area contributed by atoms with E-state index in [1.807, 2.05) is 77.6 Å². The Labute approximate surface area is 171 Å². The Morgan fingerprint density at radius 1 is 0.929 bits per heavy atom. The molecule has 1 heterocycles. The molecule has 28 heavy (non-hydrogen) atoms. The van der Waals surface area contributed by atoms with Crippen molar-refractivity contribution in [1.82, 2.24) is 9.80 Å². The van der Waals surface area contributed by atoms with Crippen LogP contribution in [-0.2, 0) is 16.0 Å². The van der Waals surface area contributed by atoms with Gasteiger partial charge in [0.15, 0.2) is 0 Å². The van der Waals surface area contributed by atoms with Crippen LogP contribution >= 0.6 is 11.8 Å². The van der Waals surface area contributed by atoms with Crippen LogP contribution in [0.3, 0.4) is 0 Å². The minimum absolute atomic E-state index is 0.000392. The van der Waals surface area contributed by atoms with Crippen molar-refractivity contribution >= 4 is 29.7 Å². The lowest BCUT2D eigenvalue weighted by Crippen LogP contribution is -2.50. The molecule has 0 bridgehead atoms. The average Bonchev–Trinajstić information content (AvgIpc) is 2.74. The van der Waals surface area contributed by atoms with E-state index in [4.69, 9.17) is 0 Å². The highest BCUT2D eigenvalue weighted by Crippen LogP contribution is 2.16. The number of rotatable bonds is 5. The van der Waals surface area contributed by atoms with Gasteiger partial charge in [-0.05, 0) is 42.5 Å². The third-order valence-electron chi connectivity index (χ3n) is 4.95. The van der Waals surface area contributed by atoms with Crippen molar-refractivity contribution in [3.8, 4) is 0 Å². The molecule has 2 aromatic rings. The van der Waals surface area contributed by atoms with Gasteiger partial charge in [0.1, 0.15) is 0 Å². The zero-order valence-electron chi connectivity index (χ0n) is 16.4. The SMILES string of the molecule is CSc1ccc(/C=C/C(=O)N2CCN(C(=O)Cc3ccc(C)cc3)CC2)cc1. The molecule has 1 aliphatic heterocycles. The molecule has 1 aliphatic rings. The molecule has 2 aromatic carbocycles. The standard InChI is InChI=1S/C23H26N2O2S/c1-18-3-5-20(6-4-18)17-23(27)25-15-13-24(14-16-25)22(26)12-9-19-7-10-21(28-2)11-8-19/h3-12H,13-17H2,1-2H3/b12-9+. The van der Waals surface area contributed by atoms with Crippen LogP contribution in [0.2, 0.25) is 0 Å². The van der Waals surface area contributed by atoms with Crippen molar-refractivity contribution < 1.29 is 9.59 Å². The third kappa shape index (κ3) is 5.49. The van der Waals surface area contributed by atoms with Gasteiger partial charge in [0.05, 0.1) is 6.42 Å². The maximum absolute atomic E-state index is 12.5. The molecular weight excluding hydrogens is 368 g/mol. The van der Waals surface area contributed by atoms with Crippen LogP contribution in [0, 0.1) is 6.92 Å². The van der Waals surface area contributed by atoms with Gasteiger partial charge in [-0.25, -0.2) is 0 Å². The summed E-state index contributed by atoms with van der Waals surface area (Å²) in [5.41, 5.74) is 3.24. The van der Waals surface area contributed by atoms with Gasteiger partial charge in [-0.15, -0.1) is 11.8 Å². The van der Waals surface area contributed by atoms with Crippen LogP contribution in [0.5, 0.6) is 0 Å². The van der Waals surface area contributed by atoms with Crippen molar-refractivity contribution in [2.45, 2.75) is 18.2 Å². The van der Waals surface area contributed by atoms with E-state index in [0.717, 1.165) is 11.1 Å². The van der Waals surface area contributed by atoms with Gasteiger partial charge in [0, 0.05) is 37.2 Å². The molecule has 0 spiro atoms. The molecular formula is C23H26N2O2S. The number of amides is 2. The lowest BCUT2D eigenvalue weighted by Gasteiger charge is -2.34. The lowest BCUT2D eigenvalue weighted by atomic mass is 10.1. The first-order valence-electron chi connectivity index (χ1n) is 9.49. The van der Waals surface area contributed by atoms with Crippen molar-refractivity contribution in [2.75, 3.05) is 32.4 Å². The quantitative estimate of drug-likeness (QED) is 0.574. The van der Waals surface area contributed by atoms with Crippen LogP contribution in [0.4, 0.5) is 0 Å². The van der Waals surface area contributed by atoms with Crippen LogP contribution in [0.15, 0.2) is 59.5 Å². The molecule has 0 aliphatic carbocycles. The summed E-state index contributed by atoms with van der Waals surface area (Å²) >= 11 is 1.70. The Balaban J connectivity index is 1.48. The van der Waals surface area contributed by atoms with E-state index in [-0.39, 0.29) is 11.8 Å². The van der Waals surface area contributed by atoms with Crippen molar-refractivity contribution in [2.24, 2.45) is 0 Å². The summed E-state index contributed by atoms with van der Waals surface area (Å²) in [4.78, 5) is 29.8. The van der Waals surface area contributed by atoms with E-state index in [2.05, 4.69) is 0 Å². The molecule has 4 nitrogen and oxygen atoms in total. The Morgan fingerprint density at radius 2 is 1.54 bits per heavy atom. The van der Waals surface area contributed by atoms with Crippen LogP contribution in [-0.4, -0.2) is 54.0 Å². The molecule has 0 saturated carbocycles. The molecule has 0 aromatic heterocycles. The predicted molar refractivity (Wildman–Crippen MR) is 115 cm³/mol. The summed E-state index contributed by atoms with van der Waals surface area (Å²) in [5, 5.41) is 0. The second-order valence-electron chi connectivity index (χ2n) is 6.97. The summed E-state index contributed by atoms with van der Waals surface area (Å²) < 4.78 is 0.